The SMILES string of the molecule is CNC1(CO)CCN(CCN2CCOCC2)CC1. The summed E-state index contributed by atoms with van der Waals surface area (Å²) < 4.78 is 5.36. The molecule has 2 fully saturated rings. The molecule has 2 N–H and O–H groups in total. The molecule has 5 heteroatoms. The number of morpholine rings is 1. The van der Waals surface area contributed by atoms with Crippen LogP contribution in [0.4, 0.5) is 0 Å². The van der Waals surface area contributed by atoms with Crippen molar-refractivity contribution in [3.05, 3.63) is 0 Å². The molecule has 0 atom stereocenters. The summed E-state index contributed by atoms with van der Waals surface area (Å²) in [5.41, 5.74) is -0.0323. The van der Waals surface area contributed by atoms with Crippen molar-refractivity contribution < 1.29 is 9.84 Å². The molecule has 0 radical (unpaired) electrons. The molecule has 18 heavy (non-hydrogen) atoms. The molecular formula is C13H27N3O2. The first kappa shape index (κ1) is 14.2. The van der Waals surface area contributed by atoms with E-state index in [0.717, 1.165) is 65.3 Å². The number of nitrogens with one attached hydrogen (secondary N) is 1. The molecule has 0 aliphatic carbocycles. The van der Waals surface area contributed by atoms with Gasteiger partial charge in [0.2, 0.25) is 0 Å². The van der Waals surface area contributed by atoms with Gasteiger partial charge in [0.25, 0.3) is 0 Å². The highest BCUT2D eigenvalue weighted by Crippen LogP contribution is 2.21. The van der Waals surface area contributed by atoms with E-state index in [-0.39, 0.29) is 12.1 Å². The van der Waals surface area contributed by atoms with Gasteiger partial charge in [-0.15, -0.1) is 0 Å². The van der Waals surface area contributed by atoms with Crippen LogP contribution >= 0.6 is 0 Å². The second-order valence-corrected chi connectivity index (χ2v) is 5.48. The Hall–Kier alpha value is -0.200. The number of ether oxygens (including phenoxy) is 1. The second-order valence-electron chi connectivity index (χ2n) is 5.48. The van der Waals surface area contributed by atoms with E-state index in [1.165, 1.54) is 0 Å². The lowest BCUT2D eigenvalue weighted by Gasteiger charge is -2.41. The van der Waals surface area contributed by atoms with Gasteiger partial charge < -0.3 is 20.1 Å². The third-order valence-corrected chi connectivity index (χ3v) is 4.48. The van der Waals surface area contributed by atoms with Gasteiger partial charge in [-0.3, -0.25) is 4.90 Å². The highest BCUT2D eigenvalue weighted by Gasteiger charge is 2.32. The first-order chi connectivity index (χ1) is 8.78. The molecule has 2 heterocycles. The fraction of sp³-hybridized carbons (Fsp3) is 1.00. The summed E-state index contributed by atoms with van der Waals surface area (Å²) in [4.78, 5) is 5.00. The number of nitrogens with zero attached hydrogens (tertiary/aromatic N) is 2. The summed E-state index contributed by atoms with van der Waals surface area (Å²) in [7, 11) is 1.96. The molecular weight excluding hydrogens is 230 g/mol. The second kappa shape index (κ2) is 6.82. The maximum atomic E-state index is 9.46. The van der Waals surface area contributed by atoms with Crippen LogP contribution in [-0.2, 0) is 4.74 Å². The van der Waals surface area contributed by atoms with E-state index < -0.39 is 0 Å². The third-order valence-electron chi connectivity index (χ3n) is 4.48. The Labute approximate surface area is 110 Å². The number of hydrogen-bond acceptors (Lipinski definition) is 5. The molecule has 2 aliphatic rings. The lowest BCUT2D eigenvalue weighted by Crippen LogP contribution is -2.55. The van der Waals surface area contributed by atoms with E-state index in [2.05, 4.69) is 15.1 Å². The largest absolute Gasteiger partial charge is 0.394 e. The Morgan fingerprint density at radius 2 is 1.61 bits per heavy atom. The summed E-state index contributed by atoms with van der Waals surface area (Å²) in [5.74, 6) is 0. The lowest BCUT2D eigenvalue weighted by atomic mass is 9.88. The molecule has 106 valence electrons. The monoisotopic (exact) mass is 257 g/mol. The van der Waals surface area contributed by atoms with Gasteiger partial charge in [0.05, 0.1) is 19.8 Å². The van der Waals surface area contributed by atoms with Crippen LogP contribution in [0.15, 0.2) is 0 Å². The van der Waals surface area contributed by atoms with Gasteiger partial charge in [-0.05, 0) is 19.9 Å². The van der Waals surface area contributed by atoms with E-state index >= 15 is 0 Å². The highest BCUT2D eigenvalue weighted by atomic mass is 16.5. The number of aliphatic hydroxyl groups excluding tert-OH is 1. The van der Waals surface area contributed by atoms with Crippen LogP contribution in [0, 0.1) is 0 Å². The Morgan fingerprint density at radius 1 is 1.06 bits per heavy atom. The van der Waals surface area contributed by atoms with Crippen LogP contribution in [0.2, 0.25) is 0 Å². The summed E-state index contributed by atoms with van der Waals surface area (Å²) in [6, 6.07) is 0. The Kier molecular flexibility index (Phi) is 5.38. The Bertz CT molecular complexity index is 230. The van der Waals surface area contributed by atoms with E-state index in [1.807, 2.05) is 7.05 Å². The molecule has 0 aromatic rings. The highest BCUT2D eigenvalue weighted by molar-refractivity contribution is 4.91. The normalized spacial score (nSPS) is 26.3. The quantitative estimate of drug-likeness (QED) is 0.686. The maximum absolute atomic E-state index is 9.46. The predicted molar refractivity (Wildman–Crippen MR) is 71.8 cm³/mol. The average molecular weight is 257 g/mol. The van der Waals surface area contributed by atoms with Crippen LogP contribution < -0.4 is 5.32 Å². The molecule has 2 saturated heterocycles. The predicted octanol–water partition coefficient (Wildman–Crippen LogP) is -0.635. The maximum Gasteiger partial charge on any atom is 0.0614 e. The fourth-order valence-electron chi connectivity index (χ4n) is 2.80. The van der Waals surface area contributed by atoms with E-state index in [9.17, 15) is 5.11 Å². The van der Waals surface area contributed by atoms with Gasteiger partial charge in [-0.2, -0.15) is 0 Å². The van der Waals surface area contributed by atoms with E-state index in [1.54, 1.807) is 0 Å². The van der Waals surface area contributed by atoms with Crippen LogP contribution in [-0.4, -0.2) is 86.6 Å². The molecule has 0 aromatic heterocycles. The molecule has 0 bridgehead atoms. The molecule has 0 spiro atoms. The first-order valence-corrected chi connectivity index (χ1v) is 7.10. The molecule has 2 rings (SSSR count). The molecule has 5 nitrogen and oxygen atoms in total. The Morgan fingerprint density at radius 3 is 2.11 bits per heavy atom. The number of hydrogen-bond donors (Lipinski definition) is 2. The molecule has 0 amide bonds. The third kappa shape index (κ3) is 3.65. The number of likely N-dealkylation sites (N-methyl/N-ethyl adjacent to an activating group) is 1. The topological polar surface area (TPSA) is 48.0 Å². The standard InChI is InChI=1S/C13H27N3O2/c1-14-13(12-17)2-4-15(5-3-13)6-7-16-8-10-18-11-9-16/h14,17H,2-12H2,1H3. The minimum atomic E-state index is -0.0323. The molecule has 0 aromatic carbocycles. The minimum Gasteiger partial charge on any atom is -0.394 e. The van der Waals surface area contributed by atoms with Crippen LogP contribution in [0.3, 0.4) is 0 Å². The van der Waals surface area contributed by atoms with Crippen molar-refractivity contribution in [1.29, 1.82) is 0 Å². The summed E-state index contributed by atoms with van der Waals surface area (Å²) >= 11 is 0. The lowest BCUT2D eigenvalue weighted by molar-refractivity contribution is 0.0276. The first-order valence-electron chi connectivity index (χ1n) is 7.10. The van der Waals surface area contributed by atoms with Crippen molar-refractivity contribution in [2.24, 2.45) is 0 Å². The van der Waals surface area contributed by atoms with E-state index in [0.29, 0.717) is 0 Å². The van der Waals surface area contributed by atoms with Gasteiger partial charge >= 0.3 is 0 Å². The summed E-state index contributed by atoms with van der Waals surface area (Å²) in [5, 5.41) is 12.7. The molecule has 2 aliphatic heterocycles. The number of likely N-dealkylation sites (tertiary alicyclic amines) is 1. The minimum absolute atomic E-state index is 0.0323. The van der Waals surface area contributed by atoms with Crippen LogP contribution in [0.25, 0.3) is 0 Å². The zero-order valence-electron chi connectivity index (χ0n) is 11.5. The fourth-order valence-corrected chi connectivity index (χ4v) is 2.80. The average Bonchev–Trinajstić information content (AvgIpc) is 2.47. The number of aliphatic hydroxyl groups is 1. The van der Waals surface area contributed by atoms with Crippen molar-refractivity contribution in [3.63, 3.8) is 0 Å². The smallest absolute Gasteiger partial charge is 0.0614 e. The Balaban J connectivity index is 1.66. The van der Waals surface area contributed by atoms with Crippen LogP contribution in [0.1, 0.15) is 12.8 Å². The van der Waals surface area contributed by atoms with Crippen molar-refractivity contribution in [2.75, 3.05) is 66.1 Å². The summed E-state index contributed by atoms with van der Waals surface area (Å²) in [6.07, 6.45) is 2.09. The number of piperidine rings is 1. The van der Waals surface area contributed by atoms with Gasteiger partial charge in [0, 0.05) is 44.8 Å². The zero-order valence-corrected chi connectivity index (χ0v) is 11.5. The summed E-state index contributed by atoms with van der Waals surface area (Å²) in [6.45, 7) is 8.63. The van der Waals surface area contributed by atoms with Crippen molar-refractivity contribution >= 4 is 0 Å². The van der Waals surface area contributed by atoms with Crippen molar-refractivity contribution in [3.8, 4) is 0 Å². The van der Waals surface area contributed by atoms with Gasteiger partial charge in [-0.25, -0.2) is 0 Å². The molecule has 0 saturated carbocycles. The van der Waals surface area contributed by atoms with Crippen LogP contribution in [0.5, 0.6) is 0 Å². The van der Waals surface area contributed by atoms with Crippen molar-refractivity contribution in [1.82, 2.24) is 15.1 Å². The van der Waals surface area contributed by atoms with Gasteiger partial charge in [0.1, 0.15) is 0 Å². The van der Waals surface area contributed by atoms with Crippen molar-refractivity contribution in [2.45, 2.75) is 18.4 Å². The van der Waals surface area contributed by atoms with Gasteiger partial charge in [0.15, 0.2) is 0 Å². The van der Waals surface area contributed by atoms with Gasteiger partial charge in [-0.1, -0.05) is 0 Å². The van der Waals surface area contributed by atoms with E-state index in [4.69, 9.17) is 4.74 Å². The number of rotatable bonds is 5. The molecule has 0 unspecified atom stereocenters. The zero-order chi connectivity index (χ0) is 12.8.